The third kappa shape index (κ3) is 5.02. The monoisotopic (exact) mass is 531 g/mol. The van der Waals surface area contributed by atoms with Crippen LogP contribution in [0.2, 0.25) is 10.0 Å². The molecule has 0 spiro atoms. The van der Waals surface area contributed by atoms with Gasteiger partial charge in [-0.05, 0) is 82.5 Å². The summed E-state index contributed by atoms with van der Waals surface area (Å²) in [5.41, 5.74) is 1.43. The first kappa shape index (κ1) is 25.6. The topological polar surface area (TPSA) is 81.6 Å². The van der Waals surface area contributed by atoms with E-state index < -0.39 is 11.4 Å². The van der Waals surface area contributed by atoms with Crippen LogP contribution in [0.5, 0.6) is 0 Å². The first-order chi connectivity index (χ1) is 17.1. The second-order valence-electron chi connectivity index (χ2n) is 11.2. The van der Waals surface area contributed by atoms with E-state index in [9.17, 15) is 9.90 Å². The Kier molecular flexibility index (Phi) is 7.09. The van der Waals surface area contributed by atoms with Crippen LogP contribution in [0.3, 0.4) is 0 Å². The highest BCUT2D eigenvalue weighted by atomic mass is 35.5. The number of hydrogen-bond acceptors (Lipinski definition) is 6. The minimum atomic E-state index is -0.653. The lowest BCUT2D eigenvalue weighted by Crippen LogP contribution is -2.58. The van der Waals surface area contributed by atoms with Crippen molar-refractivity contribution in [2.45, 2.75) is 58.5 Å². The summed E-state index contributed by atoms with van der Waals surface area (Å²) in [6.07, 6.45) is 5.88. The molecular formula is C27H35Cl2N5O2. The maximum atomic E-state index is 11.5. The Morgan fingerprint density at radius 1 is 1.22 bits per heavy atom. The van der Waals surface area contributed by atoms with E-state index in [1.54, 1.807) is 6.07 Å². The first-order valence-corrected chi connectivity index (χ1v) is 13.7. The zero-order valence-electron chi connectivity index (χ0n) is 21.2. The Labute approximate surface area is 223 Å². The van der Waals surface area contributed by atoms with Gasteiger partial charge in [-0.3, -0.25) is 4.79 Å². The highest BCUT2D eigenvalue weighted by molar-refractivity contribution is 6.35. The van der Waals surface area contributed by atoms with Crippen LogP contribution in [0.25, 0.3) is 0 Å². The minimum Gasteiger partial charge on any atom is -0.481 e. The van der Waals surface area contributed by atoms with Gasteiger partial charge in [-0.15, -0.1) is 0 Å². The van der Waals surface area contributed by atoms with Crippen molar-refractivity contribution in [2.24, 2.45) is 17.3 Å². The summed E-state index contributed by atoms with van der Waals surface area (Å²) in [4.78, 5) is 25.8. The summed E-state index contributed by atoms with van der Waals surface area (Å²) in [6, 6.07) is 5.95. The Balaban J connectivity index is 1.17. The van der Waals surface area contributed by atoms with Gasteiger partial charge in [-0.1, -0.05) is 29.3 Å². The molecule has 0 radical (unpaired) electrons. The standard InChI is InChI=1S/C27H35Cl2N5O2/c1-16-12-30-26(32-24(16)31-17(2)22-7-6-20(28)9-23(22)29)34-14-19(15-34)18-5-4-8-33(13-18)21-10-27(3,11-21)25(35)36/h6-7,9,12,17-19,21H,4-5,8,10-11,13-15H2,1-3H3,(H,35,36)(H,30,31,32). The average molecular weight is 533 g/mol. The number of carboxylic acid groups (broad SMARTS) is 1. The molecule has 3 heterocycles. The number of rotatable bonds is 7. The molecular weight excluding hydrogens is 497 g/mol. The number of piperidine rings is 1. The molecule has 1 aliphatic carbocycles. The fourth-order valence-corrected chi connectivity index (χ4v) is 6.58. The van der Waals surface area contributed by atoms with Crippen LogP contribution in [-0.2, 0) is 4.79 Å². The maximum Gasteiger partial charge on any atom is 0.309 e. The molecule has 2 N–H and O–H groups in total. The number of nitrogens with zero attached hydrogens (tertiary/aromatic N) is 4. The summed E-state index contributed by atoms with van der Waals surface area (Å²) in [6.45, 7) is 10.1. The molecule has 9 heteroatoms. The van der Waals surface area contributed by atoms with E-state index in [-0.39, 0.29) is 6.04 Å². The highest BCUT2D eigenvalue weighted by Gasteiger charge is 2.49. The molecule has 36 heavy (non-hydrogen) atoms. The lowest BCUT2D eigenvalue weighted by Gasteiger charge is -2.52. The number of aliphatic carboxylic acids is 1. The van der Waals surface area contributed by atoms with Gasteiger partial charge in [0.05, 0.1) is 11.5 Å². The van der Waals surface area contributed by atoms with E-state index in [1.165, 1.54) is 12.8 Å². The Bertz CT molecular complexity index is 1130. The zero-order valence-corrected chi connectivity index (χ0v) is 22.7. The van der Waals surface area contributed by atoms with Crippen LogP contribution in [-0.4, -0.2) is 58.2 Å². The third-order valence-corrected chi connectivity index (χ3v) is 9.06. The van der Waals surface area contributed by atoms with Crippen LogP contribution in [0.4, 0.5) is 11.8 Å². The Morgan fingerprint density at radius 2 is 1.97 bits per heavy atom. The summed E-state index contributed by atoms with van der Waals surface area (Å²) in [7, 11) is 0. The quantitative estimate of drug-likeness (QED) is 0.476. The number of halogens is 2. The maximum absolute atomic E-state index is 11.5. The lowest BCUT2D eigenvalue weighted by molar-refractivity contribution is -0.158. The second kappa shape index (κ2) is 9.99. The molecule has 0 amide bonds. The SMILES string of the molecule is Cc1cnc(N2CC(C3CCCN(C4CC(C)(C(=O)O)C4)C3)C2)nc1NC(C)c1ccc(Cl)cc1Cl. The molecule has 3 aliphatic rings. The molecule has 5 rings (SSSR count). The van der Waals surface area contributed by atoms with Crippen molar-refractivity contribution in [3.63, 3.8) is 0 Å². The van der Waals surface area contributed by atoms with Crippen molar-refractivity contribution in [1.82, 2.24) is 14.9 Å². The summed E-state index contributed by atoms with van der Waals surface area (Å²) < 4.78 is 0. The number of hydrogen-bond donors (Lipinski definition) is 2. The number of benzene rings is 1. The highest BCUT2D eigenvalue weighted by Crippen LogP contribution is 2.45. The molecule has 3 fully saturated rings. The van der Waals surface area contributed by atoms with Crippen molar-refractivity contribution >= 4 is 40.9 Å². The van der Waals surface area contributed by atoms with E-state index in [0.717, 1.165) is 61.9 Å². The Hall–Kier alpha value is -2.09. The molecule has 2 unspecified atom stereocenters. The van der Waals surface area contributed by atoms with E-state index in [2.05, 4.69) is 27.0 Å². The molecule has 7 nitrogen and oxygen atoms in total. The van der Waals surface area contributed by atoms with Gasteiger partial charge in [0, 0.05) is 47.5 Å². The van der Waals surface area contributed by atoms with E-state index in [0.29, 0.717) is 27.9 Å². The molecule has 2 atom stereocenters. The van der Waals surface area contributed by atoms with Gasteiger partial charge in [-0.25, -0.2) is 4.98 Å². The average Bonchev–Trinajstić information content (AvgIpc) is 2.78. The van der Waals surface area contributed by atoms with Gasteiger partial charge in [0.1, 0.15) is 5.82 Å². The molecule has 1 saturated carbocycles. The van der Waals surface area contributed by atoms with Crippen LogP contribution in [0.15, 0.2) is 24.4 Å². The normalized spacial score (nSPS) is 27.8. The van der Waals surface area contributed by atoms with Crippen LogP contribution >= 0.6 is 23.2 Å². The summed E-state index contributed by atoms with van der Waals surface area (Å²) in [5, 5.41) is 14.2. The Morgan fingerprint density at radius 3 is 2.67 bits per heavy atom. The van der Waals surface area contributed by atoms with Crippen LogP contribution in [0.1, 0.15) is 56.7 Å². The minimum absolute atomic E-state index is 0.0249. The number of nitrogens with one attached hydrogen (secondary N) is 1. The van der Waals surface area contributed by atoms with Gasteiger partial charge >= 0.3 is 5.97 Å². The molecule has 2 aliphatic heterocycles. The molecule has 1 aromatic carbocycles. The number of carboxylic acids is 1. The zero-order chi connectivity index (χ0) is 25.6. The number of likely N-dealkylation sites (tertiary alicyclic amines) is 1. The van der Waals surface area contributed by atoms with Crippen molar-refractivity contribution in [2.75, 3.05) is 36.4 Å². The van der Waals surface area contributed by atoms with E-state index in [4.69, 9.17) is 28.2 Å². The first-order valence-electron chi connectivity index (χ1n) is 12.9. The molecule has 0 bridgehead atoms. The number of aryl methyl sites for hydroxylation is 1. The van der Waals surface area contributed by atoms with Gasteiger partial charge < -0.3 is 20.2 Å². The van der Waals surface area contributed by atoms with Crippen LogP contribution in [0, 0.1) is 24.2 Å². The van der Waals surface area contributed by atoms with Gasteiger partial charge in [0.2, 0.25) is 5.95 Å². The van der Waals surface area contributed by atoms with Crippen LogP contribution < -0.4 is 10.2 Å². The molecule has 1 aromatic heterocycles. The molecule has 194 valence electrons. The van der Waals surface area contributed by atoms with Crippen molar-refractivity contribution in [3.05, 3.63) is 45.6 Å². The number of anilines is 2. The number of carbonyl (C=O) groups is 1. The van der Waals surface area contributed by atoms with Gasteiger partial charge in [0.25, 0.3) is 0 Å². The number of aromatic nitrogens is 2. The van der Waals surface area contributed by atoms with E-state index in [1.807, 2.05) is 32.2 Å². The molecule has 2 saturated heterocycles. The summed E-state index contributed by atoms with van der Waals surface area (Å²) >= 11 is 12.5. The third-order valence-electron chi connectivity index (χ3n) is 8.49. The molecule has 2 aromatic rings. The van der Waals surface area contributed by atoms with E-state index >= 15 is 0 Å². The largest absolute Gasteiger partial charge is 0.481 e. The van der Waals surface area contributed by atoms with Crippen molar-refractivity contribution < 1.29 is 9.90 Å². The smallest absolute Gasteiger partial charge is 0.309 e. The fraction of sp³-hybridized carbons (Fsp3) is 0.593. The predicted molar refractivity (Wildman–Crippen MR) is 144 cm³/mol. The van der Waals surface area contributed by atoms with Crippen molar-refractivity contribution in [3.8, 4) is 0 Å². The summed E-state index contributed by atoms with van der Waals surface area (Å²) in [5.74, 6) is 2.21. The predicted octanol–water partition coefficient (Wildman–Crippen LogP) is 5.67. The fourth-order valence-electron chi connectivity index (χ4n) is 6.01. The van der Waals surface area contributed by atoms with Gasteiger partial charge in [0.15, 0.2) is 0 Å². The lowest BCUT2D eigenvalue weighted by atomic mass is 9.65. The van der Waals surface area contributed by atoms with Gasteiger partial charge in [-0.2, -0.15) is 4.98 Å². The second-order valence-corrected chi connectivity index (χ2v) is 12.1. The van der Waals surface area contributed by atoms with Crippen molar-refractivity contribution in [1.29, 1.82) is 0 Å².